The van der Waals surface area contributed by atoms with Crippen LogP contribution < -0.4 is 0 Å². The van der Waals surface area contributed by atoms with Gasteiger partial charge in [0.2, 0.25) is 0 Å². The lowest BCUT2D eigenvalue weighted by molar-refractivity contribution is -0.121. The lowest BCUT2D eigenvalue weighted by Gasteiger charge is -1.96. The van der Waals surface area contributed by atoms with E-state index in [1.807, 2.05) is 0 Å². The summed E-state index contributed by atoms with van der Waals surface area (Å²) in [5.74, 6) is -0.153. The maximum Gasteiger partial charge on any atom is 0.159 e. The van der Waals surface area contributed by atoms with Gasteiger partial charge in [-0.2, -0.15) is 0 Å². The van der Waals surface area contributed by atoms with Crippen molar-refractivity contribution in [3.05, 3.63) is 11.6 Å². The van der Waals surface area contributed by atoms with Gasteiger partial charge in [-0.05, 0) is 25.5 Å². The van der Waals surface area contributed by atoms with Gasteiger partial charge >= 0.3 is 0 Å². The summed E-state index contributed by atoms with van der Waals surface area (Å²) in [6, 6.07) is 0. The van der Waals surface area contributed by atoms with E-state index in [1.54, 1.807) is 6.92 Å². The van der Waals surface area contributed by atoms with Gasteiger partial charge in [-0.3, -0.25) is 9.59 Å². The molecular weight excluding hydrogens is 156 g/mol. The Bertz CT molecular complexity index is 226. The molecule has 12 heavy (non-hydrogen) atoms. The molecule has 0 aromatic heterocycles. The monoisotopic (exact) mass is 168 g/mol. The zero-order chi connectivity index (χ0) is 9.56. The predicted molar refractivity (Wildman–Crippen MR) is 44.7 cm³/mol. The van der Waals surface area contributed by atoms with Crippen LogP contribution in [-0.2, 0) is 14.4 Å². The largest absolute Gasteiger partial charge is 0.300 e. The highest BCUT2D eigenvalue weighted by Gasteiger charge is 2.04. The molecule has 0 amide bonds. The molecule has 66 valence electrons. The van der Waals surface area contributed by atoms with Gasteiger partial charge in [0.05, 0.1) is 0 Å². The molecule has 0 heterocycles. The second-order valence-corrected chi connectivity index (χ2v) is 2.61. The average Bonchev–Trinajstić information content (AvgIpc) is 2.00. The van der Waals surface area contributed by atoms with Crippen molar-refractivity contribution < 1.29 is 14.4 Å². The van der Waals surface area contributed by atoms with Gasteiger partial charge in [0.25, 0.3) is 0 Å². The second kappa shape index (κ2) is 5.41. The highest BCUT2D eigenvalue weighted by atomic mass is 16.1. The Labute approximate surface area is 71.5 Å². The summed E-state index contributed by atoms with van der Waals surface area (Å²) < 4.78 is 0. The van der Waals surface area contributed by atoms with Crippen molar-refractivity contribution in [1.82, 2.24) is 0 Å². The van der Waals surface area contributed by atoms with E-state index in [1.165, 1.54) is 13.0 Å². The standard InChI is InChI=1S/C9H12O3/c1-7(5-6-10)9(12)4-3-8(2)11/h5-6H,3-4H2,1-2H3/b7-5+. The van der Waals surface area contributed by atoms with Gasteiger partial charge in [-0.1, -0.05) is 0 Å². The van der Waals surface area contributed by atoms with Gasteiger partial charge in [0, 0.05) is 12.8 Å². The first-order valence-electron chi connectivity index (χ1n) is 3.72. The summed E-state index contributed by atoms with van der Waals surface area (Å²) in [4.78, 5) is 31.5. The van der Waals surface area contributed by atoms with E-state index in [9.17, 15) is 14.4 Å². The molecule has 0 aliphatic heterocycles. The molecule has 0 bridgehead atoms. The molecule has 0 rings (SSSR count). The number of Topliss-reactive ketones (excluding diaryl/α,β-unsaturated/α-hetero) is 2. The SMILES string of the molecule is CC(=O)CCC(=O)/C(C)=C/C=O. The molecule has 0 aliphatic rings. The van der Waals surface area contributed by atoms with E-state index in [0.29, 0.717) is 11.9 Å². The summed E-state index contributed by atoms with van der Waals surface area (Å²) in [5.41, 5.74) is 0.409. The van der Waals surface area contributed by atoms with Crippen molar-refractivity contribution in [2.24, 2.45) is 0 Å². The molecule has 0 aliphatic carbocycles. The molecule has 0 N–H and O–H groups in total. The second-order valence-electron chi connectivity index (χ2n) is 2.61. The molecule has 0 aromatic carbocycles. The minimum Gasteiger partial charge on any atom is -0.300 e. The number of allylic oxidation sites excluding steroid dienone is 2. The van der Waals surface area contributed by atoms with Crippen LogP contribution in [0, 0.1) is 0 Å². The molecule has 0 saturated heterocycles. The van der Waals surface area contributed by atoms with E-state index in [-0.39, 0.29) is 24.4 Å². The zero-order valence-electron chi connectivity index (χ0n) is 7.29. The number of rotatable bonds is 5. The lowest BCUT2D eigenvalue weighted by Crippen LogP contribution is -2.02. The number of carbonyl (C=O) groups is 3. The molecule has 0 spiro atoms. The van der Waals surface area contributed by atoms with Crippen LogP contribution in [0.5, 0.6) is 0 Å². The molecule has 0 fully saturated rings. The molecule has 0 aromatic rings. The number of hydrogen-bond acceptors (Lipinski definition) is 3. The first-order valence-corrected chi connectivity index (χ1v) is 3.72. The number of carbonyl (C=O) groups excluding carboxylic acids is 3. The van der Waals surface area contributed by atoms with E-state index in [4.69, 9.17) is 0 Å². The van der Waals surface area contributed by atoms with Crippen LogP contribution >= 0.6 is 0 Å². The molecule has 0 radical (unpaired) electrons. The van der Waals surface area contributed by atoms with E-state index in [0.717, 1.165) is 0 Å². The molecular formula is C9H12O3. The number of hydrogen-bond donors (Lipinski definition) is 0. The van der Waals surface area contributed by atoms with Crippen molar-refractivity contribution in [3.63, 3.8) is 0 Å². The third-order valence-corrected chi connectivity index (χ3v) is 1.46. The Kier molecular flexibility index (Phi) is 4.84. The molecule has 0 atom stereocenters. The Balaban J connectivity index is 3.96. The summed E-state index contributed by atoms with van der Waals surface area (Å²) in [6.45, 7) is 3.00. The quantitative estimate of drug-likeness (QED) is 0.455. The Morgan fingerprint density at radius 1 is 1.17 bits per heavy atom. The number of aldehydes is 1. The zero-order valence-corrected chi connectivity index (χ0v) is 7.29. The summed E-state index contributed by atoms with van der Waals surface area (Å²) in [7, 11) is 0. The maximum atomic E-state index is 11.1. The van der Waals surface area contributed by atoms with Crippen molar-refractivity contribution in [1.29, 1.82) is 0 Å². The van der Waals surface area contributed by atoms with Crippen LogP contribution in [0.2, 0.25) is 0 Å². The normalized spacial score (nSPS) is 11.0. The van der Waals surface area contributed by atoms with E-state index < -0.39 is 0 Å². The van der Waals surface area contributed by atoms with Crippen LogP contribution in [0.1, 0.15) is 26.7 Å². The Morgan fingerprint density at radius 3 is 2.17 bits per heavy atom. The Morgan fingerprint density at radius 2 is 1.75 bits per heavy atom. The smallest absolute Gasteiger partial charge is 0.159 e. The average molecular weight is 168 g/mol. The third-order valence-electron chi connectivity index (χ3n) is 1.46. The minimum atomic E-state index is -0.141. The topological polar surface area (TPSA) is 51.2 Å². The maximum absolute atomic E-state index is 11.1. The first-order chi connectivity index (χ1) is 5.57. The fourth-order valence-electron chi connectivity index (χ4n) is 0.682. The van der Waals surface area contributed by atoms with Gasteiger partial charge in [-0.15, -0.1) is 0 Å². The fraction of sp³-hybridized carbons (Fsp3) is 0.444. The van der Waals surface area contributed by atoms with Crippen molar-refractivity contribution in [2.75, 3.05) is 0 Å². The lowest BCUT2D eigenvalue weighted by atomic mass is 10.1. The van der Waals surface area contributed by atoms with Crippen LogP contribution in [0.25, 0.3) is 0 Å². The Hall–Kier alpha value is -1.25. The first kappa shape index (κ1) is 10.8. The van der Waals surface area contributed by atoms with Crippen LogP contribution in [0.3, 0.4) is 0 Å². The minimum absolute atomic E-state index is 0.0118. The molecule has 3 heteroatoms. The third kappa shape index (κ3) is 4.55. The van der Waals surface area contributed by atoms with Crippen molar-refractivity contribution >= 4 is 17.9 Å². The van der Waals surface area contributed by atoms with Crippen molar-refractivity contribution in [2.45, 2.75) is 26.7 Å². The molecule has 0 unspecified atom stereocenters. The highest BCUT2D eigenvalue weighted by molar-refractivity contribution is 5.99. The molecule has 0 saturated carbocycles. The number of ketones is 2. The van der Waals surface area contributed by atoms with Crippen LogP contribution in [0.4, 0.5) is 0 Å². The van der Waals surface area contributed by atoms with Gasteiger partial charge < -0.3 is 4.79 Å². The highest BCUT2D eigenvalue weighted by Crippen LogP contribution is 2.01. The van der Waals surface area contributed by atoms with Crippen LogP contribution in [0.15, 0.2) is 11.6 Å². The molecule has 3 nitrogen and oxygen atoms in total. The summed E-state index contributed by atoms with van der Waals surface area (Å²) >= 11 is 0. The van der Waals surface area contributed by atoms with E-state index in [2.05, 4.69) is 0 Å². The van der Waals surface area contributed by atoms with Gasteiger partial charge in [-0.25, -0.2) is 0 Å². The fourth-order valence-corrected chi connectivity index (χ4v) is 0.682. The van der Waals surface area contributed by atoms with Crippen LogP contribution in [-0.4, -0.2) is 17.9 Å². The van der Waals surface area contributed by atoms with Crippen molar-refractivity contribution in [3.8, 4) is 0 Å². The summed E-state index contributed by atoms with van der Waals surface area (Å²) in [5, 5.41) is 0. The predicted octanol–water partition coefficient (Wildman–Crippen LogP) is 1.07. The van der Waals surface area contributed by atoms with Gasteiger partial charge in [0.15, 0.2) is 5.78 Å². The van der Waals surface area contributed by atoms with E-state index >= 15 is 0 Å². The van der Waals surface area contributed by atoms with Gasteiger partial charge in [0.1, 0.15) is 12.1 Å². The summed E-state index contributed by atoms with van der Waals surface area (Å²) in [6.07, 6.45) is 2.23.